The molecular weight excluding hydrogens is 342 g/mol. The van der Waals surface area contributed by atoms with Crippen LogP contribution in [0.3, 0.4) is 0 Å². The highest BCUT2D eigenvalue weighted by Crippen LogP contribution is 2.30. The van der Waals surface area contributed by atoms with Gasteiger partial charge in [-0.1, -0.05) is 0 Å². The minimum atomic E-state index is 0.0405. The lowest BCUT2D eigenvalue weighted by Gasteiger charge is -2.30. The van der Waals surface area contributed by atoms with Crippen molar-refractivity contribution in [2.45, 2.75) is 44.2 Å². The van der Waals surface area contributed by atoms with Crippen LogP contribution in [0, 0.1) is 0 Å². The van der Waals surface area contributed by atoms with Crippen LogP contribution in [0.4, 0.5) is 10.6 Å². The molecule has 1 aromatic rings. The molecule has 1 unspecified atom stereocenters. The number of piperidine rings is 1. The monoisotopic (exact) mass is 373 g/mol. The maximum Gasteiger partial charge on any atom is 0.317 e. The number of anilines is 1. The summed E-state index contributed by atoms with van der Waals surface area (Å²) in [6.45, 7) is 5.59. The zero-order chi connectivity index (χ0) is 18.6. The zero-order valence-electron chi connectivity index (χ0n) is 16.3. The number of nitrogens with one attached hydrogen (secondary N) is 1. The first-order chi connectivity index (χ1) is 13.2. The van der Waals surface area contributed by atoms with E-state index in [9.17, 15) is 4.79 Å². The van der Waals surface area contributed by atoms with Gasteiger partial charge in [-0.25, -0.2) is 9.78 Å². The fourth-order valence-corrected chi connectivity index (χ4v) is 4.25. The van der Waals surface area contributed by atoms with Gasteiger partial charge in [0.25, 0.3) is 0 Å². The van der Waals surface area contributed by atoms with Crippen molar-refractivity contribution in [2.24, 2.45) is 0 Å². The number of nitrogens with zero attached hydrogens (tertiary/aromatic N) is 4. The van der Waals surface area contributed by atoms with Gasteiger partial charge in [-0.15, -0.1) is 0 Å². The van der Waals surface area contributed by atoms with Crippen molar-refractivity contribution in [1.29, 1.82) is 0 Å². The van der Waals surface area contributed by atoms with Crippen molar-refractivity contribution in [2.75, 3.05) is 51.2 Å². The van der Waals surface area contributed by atoms with Crippen molar-refractivity contribution in [3.05, 3.63) is 18.3 Å². The Kier molecular flexibility index (Phi) is 5.66. The SMILES string of the molecule is CN1CCC(NC(=O)N2CCC(Oc3cccnc3N3CCCC3)C2)CC1. The lowest BCUT2D eigenvalue weighted by molar-refractivity contribution is 0.176. The number of hydrogen-bond donors (Lipinski definition) is 1. The Labute approximate surface area is 161 Å². The average Bonchev–Trinajstić information content (AvgIpc) is 3.36. The summed E-state index contributed by atoms with van der Waals surface area (Å²) in [5, 5.41) is 3.21. The summed E-state index contributed by atoms with van der Waals surface area (Å²) in [5.41, 5.74) is 0. The maximum atomic E-state index is 12.6. The van der Waals surface area contributed by atoms with Gasteiger partial charge < -0.3 is 24.8 Å². The van der Waals surface area contributed by atoms with Gasteiger partial charge in [0.2, 0.25) is 0 Å². The first kappa shape index (κ1) is 18.3. The number of aromatic nitrogens is 1. The fraction of sp³-hybridized carbons (Fsp3) is 0.700. The summed E-state index contributed by atoms with van der Waals surface area (Å²) in [4.78, 5) is 23.7. The van der Waals surface area contributed by atoms with Crippen molar-refractivity contribution in [3.8, 4) is 5.75 Å². The highest BCUT2D eigenvalue weighted by molar-refractivity contribution is 5.75. The van der Waals surface area contributed by atoms with Crippen LogP contribution >= 0.6 is 0 Å². The molecule has 27 heavy (non-hydrogen) atoms. The zero-order valence-corrected chi connectivity index (χ0v) is 16.3. The lowest BCUT2D eigenvalue weighted by atomic mass is 10.1. The number of likely N-dealkylation sites (tertiary alicyclic amines) is 2. The molecule has 3 fully saturated rings. The summed E-state index contributed by atoms with van der Waals surface area (Å²) in [7, 11) is 2.13. The van der Waals surface area contributed by atoms with Crippen LogP contribution in [-0.4, -0.2) is 79.3 Å². The predicted molar refractivity (Wildman–Crippen MR) is 105 cm³/mol. The smallest absolute Gasteiger partial charge is 0.317 e. The molecule has 4 rings (SSSR count). The van der Waals surface area contributed by atoms with Crippen LogP contribution in [0.5, 0.6) is 5.75 Å². The molecule has 0 bridgehead atoms. The van der Waals surface area contributed by atoms with Crippen LogP contribution in [0.1, 0.15) is 32.1 Å². The van der Waals surface area contributed by atoms with Gasteiger partial charge in [-0.05, 0) is 58.0 Å². The summed E-state index contributed by atoms with van der Waals surface area (Å²) in [6.07, 6.45) is 7.23. The van der Waals surface area contributed by atoms with Gasteiger partial charge in [-0.3, -0.25) is 0 Å². The Bertz CT molecular complexity index is 641. The third-order valence-corrected chi connectivity index (χ3v) is 5.93. The van der Waals surface area contributed by atoms with E-state index in [0.717, 1.165) is 63.6 Å². The minimum Gasteiger partial charge on any atom is -0.485 e. The summed E-state index contributed by atoms with van der Waals surface area (Å²) < 4.78 is 6.27. The number of hydrogen-bond acceptors (Lipinski definition) is 5. The molecule has 0 saturated carbocycles. The van der Waals surface area contributed by atoms with Gasteiger partial charge in [0.15, 0.2) is 11.6 Å². The van der Waals surface area contributed by atoms with Crippen LogP contribution in [-0.2, 0) is 0 Å². The normalized spacial score (nSPS) is 24.4. The molecule has 7 heteroatoms. The van der Waals surface area contributed by atoms with Gasteiger partial charge in [0, 0.05) is 38.3 Å². The lowest BCUT2D eigenvalue weighted by Crippen LogP contribution is -2.48. The van der Waals surface area contributed by atoms with E-state index < -0.39 is 0 Å². The van der Waals surface area contributed by atoms with Crippen molar-refractivity contribution in [3.63, 3.8) is 0 Å². The molecule has 4 heterocycles. The quantitative estimate of drug-likeness (QED) is 0.874. The molecule has 0 aliphatic carbocycles. The Morgan fingerprint density at radius 1 is 1.15 bits per heavy atom. The van der Waals surface area contributed by atoms with Crippen molar-refractivity contribution >= 4 is 11.8 Å². The molecule has 3 aliphatic rings. The molecular formula is C20H31N5O2. The minimum absolute atomic E-state index is 0.0405. The van der Waals surface area contributed by atoms with Gasteiger partial charge >= 0.3 is 6.03 Å². The van der Waals surface area contributed by atoms with E-state index in [1.54, 1.807) is 0 Å². The second-order valence-electron chi connectivity index (χ2n) is 8.02. The van der Waals surface area contributed by atoms with Crippen molar-refractivity contribution in [1.82, 2.24) is 20.1 Å². The van der Waals surface area contributed by atoms with Crippen LogP contribution < -0.4 is 15.0 Å². The van der Waals surface area contributed by atoms with E-state index in [1.165, 1.54) is 12.8 Å². The van der Waals surface area contributed by atoms with E-state index in [1.807, 2.05) is 23.2 Å². The molecule has 2 amide bonds. The Morgan fingerprint density at radius 3 is 2.70 bits per heavy atom. The number of amides is 2. The highest BCUT2D eigenvalue weighted by atomic mass is 16.5. The third kappa shape index (κ3) is 4.46. The molecule has 1 N–H and O–H groups in total. The number of rotatable bonds is 4. The molecule has 0 radical (unpaired) electrons. The molecule has 0 spiro atoms. The number of pyridine rings is 1. The molecule has 3 saturated heterocycles. The number of carbonyl (C=O) groups is 1. The van der Waals surface area contributed by atoms with E-state index in [4.69, 9.17) is 4.74 Å². The molecule has 1 atom stereocenters. The van der Waals surface area contributed by atoms with Crippen LogP contribution in [0.25, 0.3) is 0 Å². The van der Waals surface area contributed by atoms with Gasteiger partial charge in [-0.2, -0.15) is 0 Å². The summed E-state index contributed by atoms with van der Waals surface area (Å²) >= 11 is 0. The largest absolute Gasteiger partial charge is 0.485 e. The molecule has 148 valence electrons. The van der Waals surface area contributed by atoms with E-state index in [-0.39, 0.29) is 12.1 Å². The maximum absolute atomic E-state index is 12.6. The van der Waals surface area contributed by atoms with Gasteiger partial charge in [0.1, 0.15) is 6.10 Å². The van der Waals surface area contributed by atoms with Crippen LogP contribution in [0.15, 0.2) is 18.3 Å². The standard InChI is InChI=1S/C20H31N5O2/c1-23-12-6-16(7-13-23)22-20(26)25-14-8-17(15-25)27-18-5-4-9-21-19(18)24-10-2-3-11-24/h4-5,9,16-17H,2-3,6-8,10-15H2,1H3,(H,22,26). The third-order valence-electron chi connectivity index (χ3n) is 5.93. The fourth-order valence-electron chi connectivity index (χ4n) is 4.25. The molecule has 7 nitrogen and oxygen atoms in total. The second-order valence-corrected chi connectivity index (χ2v) is 8.02. The first-order valence-corrected chi connectivity index (χ1v) is 10.3. The first-order valence-electron chi connectivity index (χ1n) is 10.3. The summed E-state index contributed by atoms with van der Waals surface area (Å²) in [6, 6.07) is 4.28. The molecule has 0 aromatic carbocycles. The number of carbonyl (C=O) groups excluding carboxylic acids is 1. The predicted octanol–water partition coefficient (Wildman–Crippen LogP) is 1.94. The number of urea groups is 1. The van der Waals surface area contributed by atoms with Crippen molar-refractivity contribution < 1.29 is 9.53 Å². The topological polar surface area (TPSA) is 60.9 Å². The van der Waals surface area contributed by atoms with E-state index in [2.05, 4.69) is 27.1 Å². The molecule has 1 aromatic heterocycles. The number of ether oxygens (including phenoxy) is 1. The Balaban J connectivity index is 1.30. The highest BCUT2D eigenvalue weighted by Gasteiger charge is 2.30. The Hall–Kier alpha value is -2.02. The van der Waals surface area contributed by atoms with Gasteiger partial charge in [0.05, 0.1) is 6.54 Å². The van der Waals surface area contributed by atoms with Crippen LogP contribution in [0.2, 0.25) is 0 Å². The summed E-state index contributed by atoms with van der Waals surface area (Å²) in [5.74, 6) is 1.80. The average molecular weight is 374 g/mol. The second kappa shape index (κ2) is 8.33. The Morgan fingerprint density at radius 2 is 1.93 bits per heavy atom. The van der Waals surface area contributed by atoms with E-state index >= 15 is 0 Å². The molecule has 3 aliphatic heterocycles. The van der Waals surface area contributed by atoms with E-state index in [0.29, 0.717) is 12.6 Å².